The van der Waals surface area contributed by atoms with Gasteiger partial charge in [0.25, 0.3) is 0 Å². The van der Waals surface area contributed by atoms with E-state index in [1.165, 1.54) is 5.56 Å². The normalized spacial score (nSPS) is 15.7. The van der Waals surface area contributed by atoms with Gasteiger partial charge in [-0.25, -0.2) is 0 Å². The van der Waals surface area contributed by atoms with Crippen molar-refractivity contribution in [1.29, 1.82) is 0 Å². The van der Waals surface area contributed by atoms with Gasteiger partial charge in [0, 0.05) is 45.0 Å². The summed E-state index contributed by atoms with van der Waals surface area (Å²) in [5.74, 6) is -0.454. The van der Waals surface area contributed by atoms with E-state index in [-0.39, 0.29) is 5.92 Å². The van der Waals surface area contributed by atoms with Gasteiger partial charge in [0.15, 0.2) is 0 Å². The molecule has 2 aromatic carbocycles. The molecule has 0 bridgehead atoms. The molecule has 32 heavy (non-hydrogen) atoms. The molecule has 3 rings (SSSR count). The highest BCUT2D eigenvalue weighted by Gasteiger charge is 2.16. The zero-order valence-corrected chi connectivity index (χ0v) is 19.3. The second-order valence-electron chi connectivity index (χ2n) is 8.50. The fourth-order valence-corrected chi connectivity index (χ4v) is 3.61. The third-order valence-corrected chi connectivity index (χ3v) is 5.77. The van der Waals surface area contributed by atoms with Gasteiger partial charge < -0.3 is 20.3 Å². The lowest BCUT2D eigenvalue weighted by molar-refractivity contribution is -0.136. The van der Waals surface area contributed by atoms with E-state index >= 15 is 0 Å². The molecule has 1 aliphatic rings. The quantitative estimate of drug-likeness (QED) is 0.620. The van der Waals surface area contributed by atoms with Crippen LogP contribution in [0.3, 0.4) is 0 Å². The Labute approximate surface area is 190 Å². The highest BCUT2D eigenvalue weighted by Crippen LogP contribution is 2.17. The first-order valence-corrected chi connectivity index (χ1v) is 11.2. The summed E-state index contributed by atoms with van der Waals surface area (Å²) in [7, 11) is 2.14. The molecule has 0 spiro atoms. The predicted molar refractivity (Wildman–Crippen MR) is 127 cm³/mol. The first-order chi connectivity index (χ1) is 15.4. The molecule has 7 nitrogen and oxygen atoms in total. The Bertz CT molecular complexity index is 892. The number of rotatable bonds is 8. The molecule has 1 aliphatic heterocycles. The molecule has 172 valence electrons. The Morgan fingerprint density at radius 3 is 2.44 bits per heavy atom. The number of piperazine rings is 1. The second-order valence-corrected chi connectivity index (χ2v) is 8.50. The number of hydrogen-bond donors (Lipinski definition) is 2. The van der Waals surface area contributed by atoms with Gasteiger partial charge in [-0.15, -0.1) is 0 Å². The summed E-state index contributed by atoms with van der Waals surface area (Å²) in [5.41, 5.74) is 2.86. The molecule has 0 radical (unpaired) electrons. The number of nitrogens with zero attached hydrogens (tertiary/aromatic N) is 2. The van der Waals surface area contributed by atoms with E-state index < -0.39 is 11.8 Å². The summed E-state index contributed by atoms with van der Waals surface area (Å²) in [6, 6.07) is 15.2. The molecular formula is C25H34N4O3. The summed E-state index contributed by atoms with van der Waals surface area (Å²) in [5, 5.41) is 5.34. The number of hydrogen-bond acceptors (Lipinski definition) is 5. The van der Waals surface area contributed by atoms with Crippen molar-refractivity contribution in [3.63, 3.8) is 0 Å². The van der Waals surface area contributed by atoms with E-state index in [2.05, 4.69) is 33.5 Å². The Balaban J connectivity index is 1.38. The third-order valence-electron chi connectivity index (χ3n) is 5.77. The van der Waals surface area contributed by atoms with E-state index in [1.54, 1.807) is 24.3 Å². The molecular weight excluding hydrogens is 404 g/mol. The van der Waals surface area contributed by atoms with Crippen molar-refractivity contribution in [2.75, 3.05) is 58.2 Å². The lowest BCUT2D eigenvalue weighted by Gasteiger charge is -2.32. The number of carbonyl (C=O) groups is 2. The van der Waals surface area contributed by atoms with Crippen LogP contribution < -0.4 is 15.4 Å². The maximum absolute atomic E-state index is 12.2. The van der Waals surface area contributed by atoms with E-state index in [0.29, 0.717) is 18.8 Å². The molecule has 1 heterocycles. The Morgan fingerprint density at radius 2 is 1.75 bits per heavy atom. The van der Waals surface area contributed by atoms with E-state index in [9.17, 15) is 9.59 Å². The van der Waals surface area contributed by atoms with Crippen molar-refractivity contribution in [3.05, 3.63) is 59.7 Å². The van der Waals surface area contributed by atoms with Gasteiger partial charge in [-0.2, -0.15) is 0 Å². The first-order valence-electron chi connectivity index (χ1n) is 11.2. The van der Waals surface area contributed by atoms with Gasteiger partial charge in [-0.05, 0) is 49.7 Å². The lowest BCUT2D eigenvalue weighted by Crippen LogP contribution is -2.45. The minimum absolute atomic E-state index is 0.119. The summed E-state index contributed by atoms with van der Waals surface area (Å²) in [4.78, 5) is 29.1. The lowest BCUT2D eigenvalue weighted by atomic mass is 9.99. The van der Waals surface area contributed by atoms with Crippen LogP contribution >= 0.6 is 0 Å². The minimum atomic E-state index is -0.676. The van der Waals surface area contributed by atoms with Crippen LogP contribution in [0.5, 0.6) is 5.75 Å². The molecule has 1 saturated heterocycles. The zero-order chi connectivity index (χ0) is 22.9. The maximum Gasteiger partial charge on any atom is 0.313 e. The van der Waals surface area contributed by atoms with Crippen LogP contribution in [0.4, 0.5) is 5.69 Å². The van der Waals surface area contributed by atoms with Gasteiger partial charge >= 0.3 is 11.8 Å². The van der Waals surface area contributed by atoms with E-state index in [1.807, 2.05) is 32.0 Å². The number of amides is 2. The largest absolute Gasteiger partial charge is 0.492 e. The van der Waals surface area contributed by atoms with Gasteiger partial charge in [0.05, 0.1) is 0 Å². The van der Waals surface area contributed by atoms with Crippen molar-refractivity contribution >= 4 is 17.5 Å². The molecule has 1 unspecified atom stereocenters. The molecule has 1 atom stereocenters. The summed E-state index contributed by atoms with van der Waals surface area (Å²) >= 11 is 0. The van der Waals surface area contributed by atoms with Gasteiger partial charge in [-0.1, -0.05) is 36.8 Å². The molecule has 2 aromatic rings. The Hall–Kier alpha value is -2.90. The molecule has 2 amide bonds. The molecule has 0 aromatic heterocycles. The van der Waals surface area contributed by atoms with Crippen LogP contribution in [0.1, 0.15) is 24.0 Å². The predicted octanol–water partition coefficient (Wildman–Crippen LogP) is 2.48. The highest BCUT2D eigenvalue weighted by molar-refractivity contribution is 6.39. The molecule has 0 aliphatic carbocycles. The number of benzene rings is 2. The van der Waals surface area contributed by atoms with Crippen molar-refractivity contribution in [1.82, 2.24) is 15.1 Å². The van der Waals surface area contributed by atoms with Gasteiger partial charge in [0.2, 0.25) is 0 Å². The van der Waals surface area contributed by atoms with Crippen LogP contribution in [0.2, 0.25) is 0 Å². The number of aryl methyl sites for hydroxylation is 1. The molecule has 2 N–H and O–H groups in total. The van der Waals surface area contributed by atoms with Crippen molar-refractivity contribution < 1.29 is 14.3 Å². The smallest absolute Gasteiger partial charge is 0.313 e. The fourth-order valence-electron chi connectivity index (χ4n) is 3.61. The minimum Gasteiger partial charge on any atom is -0.492 e. The molecule has 1 fully saturated rings. The number of anilines is 1. The zero-order valence-electron chi connectivity index (χ0n) is 19.3. The third kappa shape index (κ3) is 7.35. The average molecular weight is 439 g/mol. The van der Waals surface area contributed by atoms with Gasteiger partial charge in [0.1, 0.15) is 12.4 Å². The summed E-state index contributed by atoms with van der Waals surface area (Å²) in [6.45, 7) is 10.3. The van der Waals surface area contributed by atoms with Crippen LogP contribution in [-0.2, 0) is 9.59 Å². The van der Waals surface area contributed by atoms with Crippen LogP contribution in [-0.4, -0.2) is 74.5 Å². The standard InChI is InChI=1S/C25H34N4O3/c1-19-5-4-6-21(17-19)20(2)18-26-24(30)25(31)27-22-7-9-23(10-8-22)32-16-15-29-13-11-28(3)12-14-29/h4-10,17,20H,11-16,18H2,1-3H3,(H,26,30)(H,27,31). The number of ether oxygens (including phenoxy) is 1. The number of likely N-dealkylation sites (N-methyl/N-ethyl adjacent to an activating group) is 1. The molecule has 7 heteroatoms. The maximum atomic E-state index is 12.2. The van der Waals surface area contributed by atoms with Crippen LogP contribution in [0.25, 0.3) is 0 Å². The number of nitrogens with one attached hydrogen (secondary N) is 2. The summed E-state index contributed by atoms with van der Waals surface area (Å²) in [6.07, 6.45) is 0. The van der Waals surface area contributed by atoms with Crippen molar-refractivity contribution in [3.8, 4) is 5.75 Å². The molecule has 0 saturated carbocycles. The highest BCUT2D eigenvalue weighted by atomic mass is 16.5. The fraction of sp³-hybridized carbons (Fsp3) is 0.440. The van der Waals surface area contributed by atoms with E-state index in [4.69, 9.17) is 4.74 Å². The van der Waals surface area contributed by atoms with Crippen LogP contribution in [0, 0.1) is 6.92 Å². The van der Waals surface area contributed by atoms with Crippen LogP contribution in [0.15, 0.2) is 48.5 Å². The Kier molecular flexibility index (Phi) is 8.64. The summed E-state index contributed by atoms with van der Waals surface area (Å²) < 4.78 is 5.81. The Morgan fingerprint density at radius 1 is 1.03 bits per heavy atom. The second kappa shape index (κ2) is 11.6. The topological polar surface area (TPSA) is 73.9 Å². The SMILES string of the molecule is Cc1cccc(C(C)CNC(=O)C(=O)Nc2ccc(OCCN3CCN(C)CC3)cc2)c1. The first kappa shape index (κ1) is 23.8. The van der Waals surface area contributed by atoms with Gasteiger partial charge in [-0.3, -0.25) is 14.5 Å². The van der Waals surface area contributed by atoms with Crippen molar-refractivity contribution in [2.24, 2.45) is 0 Å². The monoisotopic (exact) mass is 438 g/mol. The van der Waals surface area contributed by atoms with E-state index in [0.717, 1.165) is 44.0 Å². The van der Waals surface area contributed by atoms with Crippen molar-refractivity contribution in [2.45, 2.75) is 19.8 Å². The average Bonchev–Trinajstić information content (AvgIpc) is 2.79. The number of carbonyl (C=O) groups excluding carboxylic acids is 2.